The Bertz CT molecular complexity index is 736. The number of aliphatic hydroxyl groups excluding tert-OH is 2. The summed E-state index contributed by atoms with van der Waals surface area (Å²) in [5.74, 6) is 0.747. The molecule has 5 rings (SSSR count). The Labute approximate surface area is 138 Å². The highest BCUT2D eigenvalue weighted by molar-refractivity contribution is 5.57. The monoisotopic (exact) mass is 333 g/mol. The van der Waals surface area contributed by atoms with Crippen molar-refractivity contribution in [3.05, 3.63) is 40.6 Å². The van der Waals surface area contributed by atoms with Crippen LogP contribution < -0.4 is 14.5 Å². The Morgan fingerprint density at radius 3 is 2.79 bits per heavy atom. The quantitative estimate of drug-likeness (QED) is 0.452. The smallest absolute Gasteiger partial charge is 0.231 e. The summed E-state index contributed by atoms with van der Waals surface area (Å²) in [6, 6.07) is 3.09. The number of quaternary nitrogens is 1. The number of hydroxylamine groups is 2. The lowest BCUT2D eigenvalue weighted by atomic mass is 9.57. The SMILES string of the molecule is CO[C@@H]1C=C[C@]23c4cc5c(cc4[C@@H](O)[C@H]1C2[NH+]([O-])C[C@@H]3O)OCO5. The van der Waals surface area contributed by atoms with Gasteiger partial charge < -0.3 is 34.7 Å². The van der Waals surface area contributed by atoms with Gasteiger partial charge in [-0.2, -0.15) is 0 Å². The zero-order chi connectivity index (χ0) is 16.6. The summed E-state index contributed by atoms with van der Waals surface area (Å²) in [6.07, 6.45) is 1.70. The van der Waals surface area contributed by atoms with Crippen LogP contribution in [0.3, 0.4) is 0 Å². The number of benzene rings is 1. The highest BCUT2D eigenvalue weighted by Crippen LogP contribution is 2.55. The number of aliphatic hydroxyl groups is 2. The molecule has 0 saturated carbocycles. The van der Waals surface area contributed by atoms with Crippen molar-refractivity contribution >= 4 is 0 Å². The standard InChI is InChI=1S/C17H19NO6/c1-22-10-2-3-17-9-5-12-11(23-7-24-12)4-8(9)15(20)14(10)16(17)18(21)6-13(17)19/h2-5,10,13-16,18-20H,6-7H2,1H3/t10-,13+,14+,15-,16?,17-/m1/s1. The average Bonchev–Trinajstić information content (AvgIpc) is 3.14. The second-order valence-electron chi connectivity index (χ2n) is 6.97. The summed E-state index contributed by atoms with van der Waals surface area (Å²) in [4.78, 5) is 0. The molecule has 128 valence electrons. The predicted octanol–water partition coefficient (Wildman–Crippen LogP) is -0.973. The molecule has 2 bridgehead atoms. The van der Waals surface area contributed by atoms with E-state index in [9.17, 15) is 15.4 Å². The third kappa shape index (κ3) is 1.54. The van der Waals surface area contributed by atoms with Gasteiger partial charge in [0.05, 0.1) is 23.5 Å². The molecule has 1 fully saturated rings. The number of methoxy groups -OCH3 is 1. The van der Waals surface area contributed by atoms with E-state index in [-0.39, 0.29) is 24.5 Å². The number of fused-ring (bicyclic) bond motifs is 2. The fourth-order valence-corrected chi connectivity index (χ4v) is 5.10. The Morgan fingerprint density at radius 1 is 1.29 bits per heavy atom. The van der Waals surface area contributed by atoms with Crippen LogP contribution in [0, 0.1) is 11.1 Å². The van der Waals surface area contributed by atoms with E-state index < -0.39 is 29.6 Å². The lowest BCUT2D eigenvalue weighted by Gasteiger charge is -2.51. The summed E-state index contributed by atoms with van der Waals surface area (Å²) < 4.78 is 16.4. The van der Waals surface area contributed by atoms with E-state index in [4.69, 9.17) is 14.2 Å². The predicted molar refractivity (Wildman–Crippen MR) is 81.6 cm³/mol. The van der Waals surface area contributed by atoms with Crippen LogP contribution in [0.15, 0.2) is 24.3 Å². The molecular formula is C17H19NO6. The van der Waals surface area contributed by atoms with Crippen molar-refractivity contribution in [2.45, 2.75) is 29.8 Å². The van der Waals surface area contributed by atoms with Crippen LogP contribution >= 0.6 is 0 Å². The zero-order valence-electron chi connectivity index (χ0n) is 13.1. The Kier molecular flexibility index (Phi) is 2.88. The Morgan fingerprint density at radius 2 is 2.04 bits per heavy atom. The van der Waals surface area contributed by atoms with Crippen molar-refractivity contribution < 1.29 is 29.5 Å². The summed E-state index contributed by atoms with van der Waals surface area (Å²) >= 11 is 0. The molecule has 0 amide bonds. The largest absolute Gasteiger partial charge is 0.634 e. The summed E-state index contributed by atoms with van der Waals surface area (Å²) in [7, 11) is 1.57. The van der Waals surface area contributed by atoms with Crippen LogP contribution in [-0.4, -0.2) is 48.9 Å². The first-order valence-corrected chi connectivity index (χ1v) is 8.13. The average molecular weight is 333 g/mol. The molecule has 24 heavy (non-hydrogen) atoms. The second-order valence-corrected chi connectivity index (χ2v) is 6.97. The first kappa shape index (κ1) is 14.7. The number of rotatable bonds is 1. The summed E-state index contributed by atoms with van der Waals surface area (Å²) in [6.45, 7) is 0.217. The van der Waals surface area contributed by atoms with Crippen molar-refractivity contribution in [1.82, 2.24) is 0 Å². The number of nitrogens with one attached hydrogen (secondary N) is 1. The minimum atomic E-state index is -0.864. The highest BCUT2D eigenvalue weighted by Gasteiger charge is 2.66. The highest BCUT2D eigenvalue weighted by atomic mass is 16.7. The molecule has 2 aliphatic heterocycles. The van der Waals surface area contributed by atoms with Gasteiger partial charge in [0.15, 0.2) is 11.5 Å². The maximum atomic E-state index is 12.7. The van der Waals surface area contributed by atoms with Gasteiger partial charge in [-0.3, -0.25) is 0 Å². The molecule has 0 radical (unpaired) electrons. The van der Waals surface area contributed by atoms with Gasteiger partial charge >= 0.3 is 0 Å². The van der Waals surface area contributed by atoms with E-state index in [1.807, 2.05) is 18.2 Å². The Hall–Kier alpha value is -1.64. The minimum Gasteiger partial charge on any atom is -0.634 e. The fraction of sp³-hybridized carbons (Fsp3) is 0.529. The molecule has 2 unspecified atom stereocenters. The molecule has 7 atom stereocenters. The molecule has 0 spiro atoms. The van der Waals surface area contributed by atoms with Crippen molar-refractivity contribution in [3.8, 4) is 11.5 Å². The van der Waals surface area contributed by atoms with Gasteiger partial charge in [-0.05, 0) is 23.3 Å². The first-order valence-electron chi connectivity index (χ1n) is 8.13. The van der Waals surface area contributed by atoms with Gasteiger partial charge in [0.2, 0.25) is 6.79 Å². The number of hydrogen-bond acceptors (Lipinski definition) is 6. The van der Waals surface area contributed by atoms with Gasteiger partial charge in [0.25, 0.3) is 0 Å². The normalized spacial score (nSPS) is 44.3. The summed E-state index contributed by atoms with van der Waals surface area (Å²) in [5, 5.41) is 34.4. The van der Waals surface area contributed by atoms with Crippen LogP contribution in [0.25, 0.3) is 0 Å². The topological polar surface area (TPSA) is 95.7 Å². The number of hydrogen-bond donors (Lipinski definition) is 3. The van der Waals surface area contributed by atoms with Crippen molar-refractivity contribution in [2.75, 3.05) is 20.4 Å². The van der Waals surface area contributed by atoms with Gasteiger partial charge in [-0.1, -0.05) is 12.2 Å². The van der Waals surface area contributed by atoms with Crippen LogP contribution in [0.4, 0.5) is 0 Å². The van der Waals surface area contributed by atoms with E-state index in [1.165, 1.54) is 0 Å². The van der Waals surface area contributed by atoms with Gasteiger partial charge in [0, 0.05) is 7.11 Å². The maximum absolute atomic E-state index is 12.7. The molecule has 7 nitrogen and oxygen atoms in total. The lowest BCUT2D eigenvalue weighted by Crippen LogP contribution is -3.12. The maximum Gasteiger partial charge on any atom is 0.231 e. The molecule has 2 heterocycles. The zero-order valence-corrected chi connectivity index (χ0v) is 13.1. The molecular weight excluding hydrogens is 314 g/mol. The molecule has 7 heteroatoms. The molecule has 1 aromatic carbocycles. The Balaban J connectivity index is 1.80. The molecule has 0 aromatic heterocycles. The third-order valence-corrected chi connectivity index (χ3v) is 6.10. The van der Waals surface area contributed by atoms with E-state index in [0.29, 0.717) is 17.1 Å². The first-order chi connectivity index (χ1) is 11.6. The van der Waals surface area contributed by atoms with Crippen LogP contribution in [-0.2, 0) is 10.2 Å². The van der Waals surface area contributed by atoms with Crippen LogP contribution in [0.2, 0.25) is 0 Å². The summed E-state index contributed by atoms with van der Waals surface area (Å²) in [5.41, 5.74) is 0.608. The van der Waals surface area contributed by atoms with E-state index in [0.717, 1.165) is 5.56 Å². The fourth-order valence-electron chi connectivity index (χ4n) is 5.10. The molecule has 1 aromatic rings. The second kappa shape index (κ2) is 4.71. The van der Waals surface area contributed by atoms with E-state index in [2.05, 4.69) is 0 Å². The van der Waals surface area contributed by atoms with Crippen LogP contribution in [0.1, 0.15) is 17.2 Å². The van der Waals surface area contributed by atoms with Crippen molar-refractivity contribution in [3.63, 3.8) is 0 Å². The van der Waals surface area contributed by atoms with E-state index in [1.54, 1.807) is 13.2 Å². The minimum absolute atomic E-state index is 0.0266. The van der Waals surface area contributed by atoms with Crippen molar-refractivity contribution in [2.24, 2.45) is 5.92 Å². The lowest BCUT2D eigenvalue weighted by molar-refractivity contribution is -0.871. The van der Waals surface area contributed by atoms with Crippen LogP contribution in [0.5, 0.6) is 11.5 Å². The molecule has 1 saturated heterocycles. The van der Waals surface area contributed by atoms with Crippen molar-refractivity contribution in [1.29, 1.82) is 0 Å². The molecule has 3 N–H and O–H groups in total. The van der Waals surface area contributed by atoms with E-state index >= 15 is 0 Å². The third-order valence-electron chi connectivity index (χ3n) is 6.10. The molecule has 4 aliphatic rings. The van der Waals surface area contributed by atoms with Gasteiger partial charge in [0.1, 0.15) is 18.7 Å². The van der Waals surface area contributed by atoms with Gasteiger partial charge in [-0.15, -0.1) is 0 Å². The number of ether oxygens (including phenoxy) is 3. The van der Waals surface area contributed by atoms with Gasteiger partial charge in [-0.25, -0.2) is 0 Å². The molecule has 2 aliphatic carbocycles.